The molecule has 0 unspecified atom stereocenters. The molecule has 3 aromatic rings. The van der Waals surface area contributed by atoms with E-state index in [1.54, 1.807) is 17.0 Å². The molecule has 0 saturated carbocycles. The molecule has 0 bridgehead atoms. The summed E-state index contributed by atoms with van der Waals surface area (Å²) in [7, 11) is 0. The van der Waals surface area contributed by atoms with Crippen molar-refractivity contribution in [2.24, 2.45) is 4.99 Å². The van der Waals surface area contributed by atoms with Crippen LogP contribution in [0.2, 0.25) is 0 Å². The van der Waals surface area contributed by atoms with Crippen molar-refractivity contribution in [3.05, 3.63) is 68.2 Å². The highest BCUT2D eigenvalue weighted by Crippen LogP contribution is 2.24. The number of aryl methyl sites for hydroxylation is 1. The molecular weight excluding hydrogens is 420 g/mol. The van der Waals surface area contributed by atoms with Crippen molar-refractivity contribution < 1.29 is 4.52 Å². The zero-order valence-electron chi connectivity index (χ0n) is 17.3. The van der Waals surface area contributed by atoms with Crippen molar-refractivity contribution in [1.82, 2.24) is 24.3 Å². The molecule has 0 atom stereocenters. The lowest BCUT2D eigenvalue weighted by molar-refractivity contribution is 0.366. The van der Waals surface area contributed by atoms with Crippen LogP contribution in [0.15, 0.2) is 43.6 Å². The Morgan fingerprint density at radius 1 is 1.19 bits per heavy atom. The first-order valence-corrected chi connectivity index (χ1v) is 10.7. The van der Waals surface area contributed by atoms with Crippen molar-refractivity contribution in [2.45, 2.75) is 58.5 Å². The Hall–Kier alpha value is -3.07. The van der Waals surface area contributed by atoms with Gasteiger partial charge in [-0.05, 0) is 24.5 Å². The lowest BCUT2D eigenvalue weighted by atomic mass is 10.2. The van der Waals surface area contributed by atoms with E-state index in [-0.39, 0.29) is 24.2 Å². The van der Waals surface area contributed by atoms with Gasteiger partial charge >= 0.3 is 5.69 Å². The number of rotatable bonds is 9. The van der Waals surface area contributed by atoms with Gasteiger partial charge in [-0.3, -0.25) is 18.9 Å². The third kappa shape index (κ3) is 4.66. The Labute approximate surface area is 183 Å². The summed E-state index contributed by atoms with van der Waals surface area (Å²) in [5, 5.41) is 4.33. The predicted molar refractivity (Wildman–Crippen MR) is 116 cm³/mol. The van der Waals surface area contributed by atoms with Gasteiger partial charge < -0.3 is 4.52 Å². The zero-order chi connectivity index (χ0) is 21.8. The number of fused-ring (bicyclic) bond motifs is 1. The van der Waals surface area contributed by atoms with E-state index in [9.17, 15) is 9.59 Å². The molecular formula is C21H23ClN6O3. The third-order valence-electron chi connectivity index (χ3n) is 5.14. The van der Waals surface area contributed by atoms with Crippen LogP contribution in [0.25, 0.3) is 0 Å². The van der Waals surface area contributed by atoms with Gasteiger partial charge in [0.25, 0.3) is 5.56 Å². The lowest BCUT2D eigenvalue weighted by Gasteiger charge is -2.13. The van der Waals surface area contributed by atoms with Crippen LogP contribution in [-0.2, 0) is 32.4 Å². The first-order valence-electron chi connectivity index (χ1n) is 10.4. The lowest BCUT2D eigenvalue weighted by Crippen LogP contribution is -2.41. The second-order valence-corrected chi connectivity index (χ2v) is 7.89. The van der Waals surface area contributed by atoms with Gasteiger partial charge in [-0.15, -0.1) is 0 Å². The number of nitrogens with zero attached hydrogens (tertiary/aromatic N) is 6. The fourth-order valence-corrected chi connectivity index (χ4v) is 3.79. The minimum atomic E-state index is -0.352. The Morgan fingerprint density at radius 2 is 2.03 bits per heavy atom. The summed E-state index contributed by atoms with van der Waals surface area (Å²) in [5.74, 6) is 1.46. The Morgan fingerprint density at radius 3 is 2.81 bits per heavy atom. The molecule has 10 heteroatoms. The summed E-state index contributed by atoms with van der Waals surface area (Å²) in [4.78, 5) is 38.5. The van der Waals surface area contributed by atoms with Crippen LogP contribution in [-0.4, -0.2) is 29.4 Å². The highest BCUT2D eigenvalue weighted by atomic mass is 35.5. The molecule has 0 amide bonds. The molecule has 4 heterocycles. The molecule has 0 aromatic carbocycles. The van der Waals surface area contributed by atoms with Crippen molar-refractivity contribution in [3.63, 3.8) is 0 Å². The van der Waals surface area contributed by atoms with Crippen molar-refractivity contribution in [3.8, 4) is 0 Å². The van der Waals surface area contributed by atoms with Crippen molar-refractivity contribution in [2.75, 3.05) is 0 Å². The van der Waals surface area contributed by atoms with Crippen molar-refractivity contribution >= 4 is 22.6 Å². The van der Waals surface area contributed by atoms with Gasteiger partial charge in [-0.25, -0.2) is 9.79 Å². The molecule has 1 aliphatic rings. The monoisotopic (exact) mass is 442 g/mol. The molecule has 9 nitrogen and oxygen atoms in total. The van der Waals surface area contributed by atoms with E-state index in [1.807, 2.05) is 19.1 Å². The average molecular weight is 443 g/mol. The second kappa shape index (κ2) is 9.38. The molecule has 1 aliphatic heterocycles. The van der Waals surface area contributed by atoms with Crippen LogP contribution in [0.1, 0.15) is 49.0 Å². The summed E-state index contributed by atoms with van der Waals surface area (Å²) in [6.07, 6.45) is 7.00. The molecule has 0 spiro atoms. The van der Waals surface area contributed by atoms with Gasteiger partial charge in [0, 0.05) is 44.7 Å². The third-order valence-corrected chi connectivity index (χ3v) is 5.36. The van der Waals surface area contributed by atoms with E-state index in [4.69, 9.17) is 16.1 Å². The maximum Gasteiger partial charge on any atom is 0.332 e. The summed E-state index contributed by atoms with van der Waals surface area (Å²) in [6, 6.07) is 3.80. The first-order chi connectivity index (χ1) is 15.1. The fourth-order valence-electron chi connectivity index (χ4n) is 3.58. The quantitative estimate of drug-likeness (QED) is 0.504. The maximum absolute atomic E-state index is 13.0. The van der Waals surface area contributed by atoms with Crippen molar-refractivity contribution in [1.29, 1.82) is 0 Å². The normalized spacial score (nSPS) is 12.8. The zero-order valence-corrected chi connectivity index (χ0v) is 18.0. The van der Waals surface area contributed by atoms with Crippen LogP contribution < -0.4 is 11.2 Å². The number of hydrogen-bond acceptors (Lipinski definition) is 7. The summed E-state index contributed by atoms with van der Waals surface area (Å²) in [5.41, 5.74) is 0.801. The van der Waals surface area contributed by atoms with Crippen LogP contribution in [0.3, 0.4) is 0 Å². The van der Waals surface area contributed by atoms with E-state index >= 15 is 0 Å². The second-order valence-electron chi connectivity index (χ2n) is 7.46. The number of pyridine rings is 1. The Kier molecular flexibility index (Phi) is 6.41. The summed E-state index contributed by atoms with van der Waals surface area (Å²) >= 11 is 6.06. The van der Waals surface area contributed by atoms with Gasteiger partial charge in [0.05, 0.1) is 5.56 Å². The summed E-state index contributed by atoms with van der Waals surface area (Å²) < 4.78 is 8.15. The first kappa shape index (κ1) is 21.2. The predicted octanol–water partition coefficient (Wildman–Crippen LogP) is 2.64. The number of aromatic nitrogens is 5. The molecule has 0 saturated heterocycles. The molecule has 4 rings (SSSR count). The number of aliphatic imine (C=N–C) groups is 1. The molecule has 0 fully saturated rings. The standard InChI is InChI=1S/C21H23ClN6O3/c1-2-3-9-27-19-15(12-16(22)24-19)20(29)28(21(27)30)10-5-7-18-25-17(26-31-18)11-14-6-4-8-23-13-14/h4,6,8,13H,2-3,5,7,9-12H2,1H3. The van der Waals surface area contributed by atoms with Crippen LogP contribution >= 0.6 is 11.6 Å². The Bertz CT molecular complexity index is 1210. The molecule has 31 heavy (non-hydrogen) atoms. The highest BCUT2D eigenvalue weighted by Gasteiger charge is 2.24. The van der Waals surface area contributed by atoms with E-state index in [2.05, 4.69) is 20.1 Å². The van der Waals surface area contributed by atoms with Gasteiger partial charge in [-0.2, -0.15) is 4.98 Å². The SMILES string of the molecule is CCCCn1c2c(c(=O)n(CCCc3nc(Cc4cccnc4)no3)c1=O)CC(Cl)=N2. The Balaban J connectivity index is 1.46. The number of hydrogen-bond donors (Lipinski definition) is 0. The highest BCUT2D eigenvalue weighted by molar-refractivity contribution is 6.66. The smallest absolute Gasteiger partial charge is 0.332 e. The number of halogens is 1. The largest absolute Gasteiger partial charge is 0.339 e. The number of unbranched alkanes of at least 4 members (excludes halogenated alkanes) is 1. The fraction of sp³-hybridized carbons (Fsp3) is 0.429. The van der Waals surface area contributed by atoms with E-state index in [0.29, 0.717) is 54.1 Å². The topological polar surface area (TPSA) is 108 Å². The molecule has 162 valence electrons. The van der Waals surface area contributed by atoms with E-state index < -0.39 is 0 Å². The van der Waals surface area contributed by atoms with Gasteiger partial charge in [-0.1, -0.05) is 36.2 Å². The molecule has 0 N–H and O–H groups in total. The average Bonchev–Trinajstić information content (AvgIpc) is 3.37. The molecule has 0 aliphatic carbocycles. The van der Waals surface area contributed by atoms with Crippen LogP contribution in [0, 0.1) is 0 Å². The molecule has 0 radical (unpaired) electrons. The van der Waals surface area contributed by atoms with Crippen LogP contribution in [0.4, 0.5) is 5.82 Å². The van der Waals surface area contributed by atoms with Gasteiger partial charge in [0.2, 0.25) is 5.89 Å². The van der Waals surface area contributed by atoms with E-state index in [1.165, 1.54) is 4.57 Å². The molecule has 3 aromatic heterocycles. The minimum Gasteiger partial charge on any atom is -0.339 e. The summed E-state index contributed by atoms with van der Waals surface area (Å²) in [6.45, 7) is 2.81. The van der Waals surface area contributed by atoms with Gasteiger partial charge in [0.1, 0.15) is 11.0 Å². The maximum atomic E-state index is 13.0. The minimum absolute atomic E-state index is 0.259. The van der Waals surface area contributed by atoms with Crippen LogP contribution in [0.5, 0.6) is 0 Å². The van der Waals surface area contributed by atoms with Gasteiger partial charge in [0.15, 0.2) is 5.82 Å². The van der Waals surface area contributed by atoms with E-state index in [0.717, 1.165) is 18.4 Å².